The van der Waals surface area contributed by atoms with Gasteiger partial charge in [0.25, 0.3) is 0 Å². The third-order valence-electron chi connectivity index (χ3n) is 3.04. The molecule has 0 aromatic carbocycles. The fourth-order valence-electron chi connectivity index (χ4n) is 2.28. The molecule has 2 rings (SSSR count). The van der Waals surface area contributed by atoms with Gasteiger partial charge in [0.15, 0.2) is 5.82 Å². The van der Waals surface area contributed by atoms with Crippen LogP contribution in [-0.4, -0.2) is 37.2 Å². The highest BCUT2D eigenvalue weighted by molar-refractivity contribution is 5.67. The number of aromatic nitrogens is 4. The lowest BCUT2D eigenvalue weighted by atomic mass is 9.94. The molecule has 0 spiro atoms. The summed E-state index contributed by atoms with van der Waals surface area (Å²) in [5.41, 5.74) is 0.645. The van der Waals surface area contributed by atoms with E-state index in [2.05, 4.69) is 34.3 Å². The number of carboxylic acids is 1. The van der Waals surface area contributed by atoms with Crippen LogP contribution in [0.25, 0.3) is 5.65 Å². The van der Waals surface area contributed by atoms with Crippen LogP contribution in [0.5, 0.6) is 0 Å². The highest BCUT2D eigenvalue weighted by Gasteiger charge is 2.16. The van der Waals surface area contributed by atoms with E-state index in [9.17, 15) is 4.79 Å². The fraction of sp³-hybridized carbons (Fsp3) is 0.538. The molecule has 1 atom stereocenters. The van der Waals surface area contributed by atoms with Crippen molar-refractivity contribution < 1.29 is 9.90 Å². The van der Waals surface area contributed by atoms with Crippen molar-refractivity contribution in [2.75, 3.05) is 11.9 Å². The molecule has 0 saturated heterocycles. The molecule has 2 aromatic rings. The van der Waals surface area contributed by atoms with E-state index in [0.29, 0.717) is 23.9 Å². The van der Waals surface area contributed by atoms with Gasteiger partial charge in [0, 0.05) is 25.4 Å². The van der Waals surface area contributed by atoms with E-state index < -0.39 is 5.97 Å². The maximum absolute atomic E-state index is 10.9. The quantitative estimate of drug-likeness (QED) is 0.799. The number of hydrogen-bond acceptors (Lipinski definition) is 5. The van der Waals surface area contributed by atoms with Crippen molar-refractivity contribution >= 4 is 17.4 Å². The van der Waals surface area contributed by atoms with Crippen LogP contribution in [0.2, 0.25) is 0 Å². The molecule has 0 aliphatic carbocycles. The van der Waals surface area contributed by atoms with Crippen LogP contribution < -0.4 is 5.32 Å². The van der Waals surface area contributed by atoms with Crippen molar-refractivity contribution in [3.63, 3.8) is 0 Å². The number of hydrogen-bond donors (Lipinski definition) is 2. The molecule has 2 N–H and O–H groups in total. The number of fused-ring (bicyclic) bond motifs is 1. The summed E-state index contributed by atoms with van der Waals surface area (Å²) in [5.74, 6) is 0.380. The number of rotatable bonds is 7. The van der Waals surface area contributed by atoms with Gasteiger partial charge in [-0.2, -0.15) is 0 Å². The van der Waals surface area contributed by atoms with E-state index in [4.69, 9.17) is 5.11 Å². The summed E-state index contributed by atoms with van der Waals surface area (Å²) in [7, 11) is 0. The van der Waals surface area contributed by atoms with E-state index in [1.807, 2.05) is 0 Å². The Hall–Kier alpha value is -2.18. The Morgan fingerprint density at radius 1 is 1.50 bits per heavy atom. The minimum Gasteiger partial charge on any atom is -0.481 e. The van der Waals surface area contributed by atoms with Crippen LogP contribution in [0.4, 0.5) is 5.82 Å². The number of nitrogens with zero attached hydrogens (tertiary/aromatic N) is 4. The molecule has 7 nitrogen and oxygen atoms in total. The van der Waals surface area contributed by atoms with Gasteiger partial charge in [-0.1, -0.05) is 13.8 Å². The van der Waals surface area contributed by atoms with Gasteiger partial charge in [-0.3, -0.25) is 9.20 Å². The molecule has 0 amide bonds. The summed E-state index contributed by atoms with van der Waals surface area (Å²) in [4.78, 5) is 15.1. The van der Waals surface area contributed by atoms with Gasteiger partial charge < -0.3 is 10.4 Å². The molecule has 20 heavy (non-hydrogen) atoms. The molecule has 2 aromatic heterocycles. The largest absolute Gasteiger partial charge is 0.481 e. The molecular weight excluding hydrogens is 258 g/mol. The van der Waals surface area contributed by atoms with E-state index in [-0.39, 0.29) is 12.3 Å². The van der Waals surface area contributed by atoms with Crippen LogP contribution in [0, 0.1) is 11.8 Å². The molecular formula is C13H19N5O2. The summed E-state index contributed by atoms with van der Waals surface area (Å²) in [6.45, 7) is 4.74. The second-order valence-corrected chi connectivity index (χ2v) is 5.31. The summed E-state index contributed by atoms with van der Waals surface area (Å²) < 4.78 is 1.77. The Labute approximate surface area is 117 Å². The van der Waals surface area contributed by atoms with Crippen molar-refractivity contribution in [2.45, 2.75) is 26.7 Å². The van der Waals surface area contributed by atoms with Gasteiger partial charge in [0.05, 0.1) is 0 Å². The van der Waals surface area contributed by atoms with Crippen LogP contribution in [0.3, 0.4) is 0 Å². The van der Waals surface area contributed by atoms with Gasteiger partial charge in [-0.25, -0.2) is 4.98 Å². The predicted octanol–water partition coefficient (Wildman–Crippen LogP) is 1.67. The Kier molecular flexibility index (Phi) is 4.49. The maximum Gasteiger partial charge on any atom is 0.303 e. The second kappa shape index (κ2) is 6.31. The molecule has 0 saturated carbocycles. The Bertz CT molecular complexity index is 581. The molecule has 2 heterocycles. The van der Waals surface area contributed by atoms with Gasteiger partial charge in [-0.05, 0) is 18.3 Å². The zero-order chi connectivity index (χ0) is 14.5. The fourth-order valence-corrected chi connectivity index (χ4v) is 2.28. The lowest BCUT2D eigenvalue weighted by Gasteiger charge is -2.18. The lowest BCUT2D eigenvalue weighted by Crippen LogP contribution is -2.20. The van der Waals surface area contributed by atoms with Gasteiger partial charge in [0.1, 0.15) is 6.33 Å². The minimum absolute atomic E-state index is 0.0671. The van der Waals surface area contributed by atoms with Crippen molar-refractivity contribution in [1.82, 2.24) is 19.6 Å². The number of nitrogens with one attached hydrogen (secondary N) is 1. The average molecular weight is 277 g/mol. The van der Waals surface area contributed by atoms with E-state index in [0.717, 1.165) is 6.42 Å². The topological polar surface area (TPSA) is 92.4 Å². The molecule has 108 valence electrons. The monoisotopic (exact) mass is 277 g/mol. The number of carbonyl (C=O) groups is 1. The standard InChI is InChI=1S/C13H19N5O2/c1-9(2)5-10(6-11(19)20)7-15-12-13-17-16-8-18(13)4-3-14-12/h3-4,8-10H,5-7H2,1-2H3,(H,14,15)(H,19,20). The Morgan fingerprint density at radius 2 is 2.30 bits per heavy atom. The third-order valence-corrected chi connectivity index (χ3v) is 3.04. The normalized spacial score (nSPS) is 12.8. The number of anilines is 1. The first-order chi connectivity index (χ1) is 9.56. The number of carboxylic acid groups (broad SMARTS) is 1. The summed E-state index contributed by atoms with van der Waals surface area (Å²) in [5, 5.41) is 20.0. The Balaban J connectivity index is 2.04. The minimum atomic E-state index is -0.772. The number of aliphatic carboxylic acids is 1. The lowest BCUT2D eigenvalue weighted by molar-refractivity contribution is -0.138. The summed E-state index contributed by atoms with van der Waals surface area (Å²) in [6, 6.07) is 0. The van der Waals surface area contributed by atoms with E-state index in [1.165, 1.54) is 0 Å². The second-order valence-electron chi connectivity index (χ2n) is 5.31. The maximum atomic E-state index is 10.9. The highest BCUT2D eigenvalue weighted by Crippen LogP contribution is 2.17. The average Bonchev–Trinajstić information content (AvgIpc) is 2.83. The van der Waals surface area contributed by atoms with E-state index in [1.54, 1.807) is 23.1 Å². The van der Waals surface area contributed by atoms with Gasteiger partial charge in [0.2, 0.25) is 5.65 Å². The molecule has 0 aliphatic heterocycles. The van der Waals surface area contributed by atoms with Crippen molar-refractivity contribution in [1.29, 1.82) is 0 Å². The van der Waals surface area contributed by atoms with Crippen molar-refractivity contribution in [2.24, 2.45) is 11.8 Å². The molecule has 0 radical (unpaired) electrons. The molecule has 0 fully saturated rings. The first kappa shape index (κ1) is 14.2. The zero-order valence-electron chi connectivity index (χ0n) is 11.7. The highest BCUT2D eigenvalue weighted by atomic mass is 16.4. The van der Waals surface area contributed by atoms with Gasteiger partial charge >= 0.3 is 5.97 Å². The first-order valence-electron chi connectivity index (χ1n) is 6.66. The Morgan fingerprint density at radius 3 is 3.00 bits per heavy atom. The van der Waals surface area contributed by atoms with Crippen LogP contribution >= 0.6 is 0 Å². The third kappa shape index (κ3) is 3.66. The molecule has 0 aliphatic rings. The van der Waals surface area contributed by atoms with Gasteiger partial charge in [-0.15, -0.1) is 10.2 Å². The predicted molar refractivity (Wildman–Crippen MR) is 74.5 cm³/mol. The van der Waals surface area contributed by atoms with Crippen LogP contribution in [0.1, 0.15) is 26.7 Å². The smallest absolute Gasteiger partial charge is 0.303 e. The summed E-state index contributed by atoms with van der Waals surface area (Å²) >= 11 is 0. The summed E-state index contributed by atoms with van der Waals surface area (Å²) in [6.07, 6.45) is 6.04. The van der Waals surface area contributed by atoms with Crippen LogP contribution in [-0.2, 0) is 4.79 Å². The van der Waals surface area contributed by atoms with E-state index >= 15 is 0 Å². The first-order valence-corrected chi connectivity index (χ1v) is 6.66. The SMILES string of the molecule is CC(C)CC(CNc1nccn2cnnc12)CC(=O)O. The van der Waals surface area contributed by atoms with Crippen LogP contribution in [0.15, 0.2) is 18.7 Å². The van der Waals surface area contributed by atoms with Crippen molar-refractivity contribution in [3.8, 4) is 0 Å². The molecule has 1 unspecified atom stereocenters. The van der Waals surface area contributed by atoms with Crippen molar-refractivity contribution in [3.05, 3.63) is 18.7 Å². The zero-order valence-corrected chi connectivity index (χ0v) is 11.7. The molecule has 7 heteroatoms. The molecule has 0 bridgehead atoms.